The van der Waals surface area contributed by atoms with Gasteiger partial charge in [-0.2, -0.15) is 0 Å². The maximum absolute atomic E-state index is 2.44. The molecule has 0 radical (unpaired) electrons. The van der Waals surface area contributed by atoms with E-state index in [9.17, 15) is 0 Å². The lowest BCUT2D eigenvalue weighted by Gasteiger charge is -2.38. The van der Waals surface area contributed by atoms with Crippen molar-refractivity contribution in [2.75, 3.05) is 0 Å². The van der Waals surface area contributed by atoms with Crippen molar-refractivity contribution < 1.29 is 0 Å². The summed E-state index contributed by atoms with van der Waals surface area (Å²) in [5.41, 5.74) is 0.771. The van der Waals surface area contributed by atoms with Gasteiger partial charge in [0, 0.05) is 0 Å². The molecule has 0 saturated heterocycles. The summed E-state index contributed by atoms with van der Waals surface area (Å²) in [6.45, 7) is 4.88. The predicted octanol–water partition coefficient (Wildman–Crippen LogP) is 5.17. The van der Waals surface area contributed by atoms with Gasteiger partial charge >= 0.3 is 0 Å². The minimum Gasteiger partial charge on any atom is -0.0649 e. The Morgan fingerprint density at radius 2 is 1.80 bits per heavy atom. The van der Waals surface area contributed by atoms with Gasteiger partial charge in [0.1, 0.15) is 0 Å². The lowest BCUT2D eigenvalue weighted by Crippen LogP contribution is -2.25. The summed E-state index contributed by atoms with van der Waals surface area (Å²) in [7, 11) is 0. The predicted molar refractivity (Wildman–Crippen MR) is 66.9 cm³/mol. The van der Waals surface area contributed by atoms with Crippen LogP contribution in [-0.2, 0) is 0 Å². The van der Waals surface area contributed by atoms with Crippen molar-refractivity contribution in [1.29, 1.82) is 0 Å². The van der Waals surface area contributed by atoms with Crippen LogP contribution in [0.25, 0.3) is 0 Å². The van der Waals surface area contributed by atoms with Crippen molar-refractivity contribution in [3.8, 4) is 0 Å². The first-order valence-electron chi connectivity index (χ1n) is 7.24. The van der Waals surface area contributed by atoms with E-state index in [0.717, 1.165) is 17.3 Å². The largest absolute Gasteiger partial charge is 0.0649 e. The minimum absolute atomic E-state index is 0.771. The average Bonchev–Trinajstić information content (AvgIpc) is 2.65. The molecule has 0 bridgehead atoms. The van der Waals surface area contributed by atoms with Gasteiger partial charge in [0.05, 0.1) is 0 Å². The molecule has 2 fully saturated rings. The van der Waals surface area contributed by atoms with Crippen LogP contribution < -0.4 is 0 Å². The molecule has 0 aromatic rings. The van der Waals surface area contributed by atoms with Crippen molar-refractivity contribution in [3.05, 3.63) is 0 Å². The molecule has 88 valence electrons. The van der Waals surface area contributed by atoms with E-state index in [4.69, 9.17) is 0 Å². The smallest absolute Gasteiger partial charge is 0.0297 e. The summed E-state index contributed by atoms with van der Waals surface area (Å²) in [6.07, 6.45) is 15.2. The highest BCUT2D eigenvalue weighted by Crippen LogP contribution is 2.47. The summed E-state index contributed by atoms with van der Waals surface area (Å²) in [5.74, 6) is 2.10. The van der Waals surface area contributed by atoms with Gasteiger partial charge < -0.3 is 0 Å². The molecule has 0 spiro atoms. The van der Waals surface area contributed by atoms with Crippen LogP contribution in [0.4, 0.5) is 0 Å². The lowest BCUT2D eigenvalue weighted by atomic mass is 9.67. The molecule has 0 heterocycles. The van der Waals surface area contributed by atoms with Crippen molar-refractivity contribution in [3.63, 3.8) is 0 Å². The van der Waals surface area contributed by atoms with Gasteiger partial charge in [-0.15, -0.1) is 0 Å². The molecule has 2 rings (SSSR count). The SMILES string of the molecule is CCC1(CC2CCC(C)C2)CCCCC1. The second kappa shape index (κ2) is 4.89. The molecule has 2 aliphatic carbocycles. The van der Waals surface area contributed by atoms with Crippen LogP contribution in [-0.4, -0.2) is 0 Å². The Hall–Kier alpha value is 0. The molecule has 0 aromatic heterocycles. The monoisotopic (exact) mass is 208 g/mol. The Bertz CT molecular complexity index is 188. The lowest BCUT2D eigenvalue weighted by molar-refractivity contribution is 0.134. The summed E-state index contributed by atoms with van der Waals surface area (Å²) >= 11 is 0. The molecule has 0 amide bonds. The van der Waals surface area contributed by atoms with E-state index in [1.165, 1.54) is 57.8 Å². The van der Waals surface area contributed by atoms with Crippen LogP contribution in [0.5, 0.6) is 0 Å². The molecular weight excluding hydrogens is 180 g/mol. The molecule has 0 heteroatoms. The van der Waals surface area contributed by atoms with Gasteiger partial charge in [-0.3, -0.25) is 0 Å². The molecular formula is C15H28. The summed E-state index contributed by atoms with van der Waals surface area (Å²) in [5, 5.41) is 0. The summed E-state index contributed by atoms with van der Waals surface area (Å²) in [4.78, 5) is 0. The third-order valence-electron chi connectivity index (χ3n) is 5.19. The van der Waals surface area contributed by atoms with E-state index in [-0.39, 0.29) is 0 Å². The maximum Gasteiger partial charge on any atom is -0.0297 e. The number of hydrogen-bond donors (Lipinski definition) is 0. The summed E-state index contributed by atoms with van der Waals surface area (Å²) < 4.78 is 0. The highest BCUT2D eigenvalue weighted by molar-refractivity contribution is 4.86. The van der Waals surface area contributed by atoms with Crippen molar-refractivity contribution in [2.45, 2.75) is 78.1 Å². The second-order valence-corrected chi connectivity index (χ2v) is 6.40. The van der Waals surface area contributed by atoms with Crippen LogP contribution >= 0.6 is 0 Å². The fraction of sp³-hybridized carbons (Fsp3) is 1.00. The van der Waals surface area contributed by atoms with E-state index < -0.39 is 0 Å². The fourth-order valence-electron chi connectivity index (χ4n) is 4.13. The topological polar surface area (TPSA) is 0 Å². The third kappa shape index (κ3) is 2.77. The number of hydrogen-bond acceptors (Lipinski definition) is 0. The Kier molecular flexibility index (Phi) is 3.74. The first kappa shape index (κ1) is 11.5. The van der Waals surface area contributed by atoms with Crippen LogP contribution in [0.15, 0.2) is 0 Å². The minimum atomic E-state index is 0.771. The van der Waals surface area contributed by atoms with Gasteiger partial charge in [0.15, 0.2) is 0 Å². The van der Waals surface area contributed by atoms with Gasteiger partial charge in [-0.05, 0) is 42.9 Å². The van der Waals surface area contributed by atoms with Crippen molar-refractivity contribution >= 4 is 0 Å². The van der Waals surface area contributed by atoms with Crippen LogP contribution in [0, 0.1) is 17.3 Å². The van der Waals surface area contributed by atoms with Gasteiger partial charge in [-0.1, -0.05) is 52.4 Å². The molecule has 0 aliphatic heterocycles. The first-order chi connectivity index (χ1) is 7.24. The molecule has 2 atom stereocenters. The van der Waals surface area contributed by atoms with Crippen LogP contribution in [0.3, 0.4) is 0 Å². The van der Waals surface area contributed by atoms with E-state index >= 15 is 0 Å². The van der Waals surface area contributed by atoms with E-state index in [1.807, 2.05) is 0 Å². The molecule has 2 saturated carbocycles. The molecule has 0 N–H and O–H groups in total. The Morgan fingerprint density at radius 3 is 2.33 bits per heavy atom. The zero-order chi connectivity index (χ0) is 10.7. The zero-order valence-electron chi connectivity index (χ0n) is 10.7. The van der Waals surface area contributed by atoms with Crippen molar-refractivity contribution in [2.24, 2.45) is 17.3 Å². The van der Waals surface area contributed by atoms with E-state index in [1.54, 1.807) is 6.42 Å². The normalized spacial score (nSPS) is 35.6. The number of rotatable bonds is 3. The first-order valence-corrected chi connectivity index (χ1v) is 7.24. The standard InChI is InChI=1S/C15H28/c1-3-15(9-5-4-6-10-15)12-14-8-7-13(2)11-14/h13-14H,3-12H2,1-2H3. The molecule has 2 aliphatic rings. The Morgan fingerprint density at radius 1 is 1.07 bits per heavy atom. The molecule has 0 nitrogen and oxygen atoms in total. The van der Waals surface area contributed by atoms with Crippen LogP contribution in [0.1, 0.15) is 78.1 Å². The second-order valence-electron chi connectivity index (χ2n) is 6.40. The van der Waals surface area contributed by atoms with Crippen LogP contribution in [0.2, 0.25) is 0 Å². The van der Waals surface area contributed by atoms with Crippen molar-refractivity contribution in [1.82, 2.24) is 0 Å². The fourth-order valence-corrected chi connectivity index (χ4v) is 4.13. The third-order valence-corrected chi connectivity index (χ3v) is 5.19. The highest BCUT2D eigenvalue weighted by atomic mass is 14.4. The van der Waals surface area contributed by atoms with E-state index in [2.05, 4.69) is 13.8 Å². The molecule has 15 heavy (non-hydrogen) atoms. The highest BCUT2D eigenvalue weighted by Gasteiger charge is 2.34. The zero-order valence-corrected chi connectivity index (χ0v) is 10.7. The molecule has 2 unspecified atom stereocenters. The van der Waals surface area contributed by atoms with Gasteiger partial charge in [0.2, 0.25) is 0 Å². The Labute approximate surface area is 95.8 Å². The van der Waals surface area contributed by atoms with Gasteiger partial charge in [0.25, 0.3) is 0 Å². The van der Waals surface area contributed by atoms with E-state index in [0.29, 0.717) is 0 Å². The Balaban J connectivity index is 1.89. The summed E-state index contributed by atoms with van der Waals surface area (Å²) in [6, 6.07) is 0. The molecule has 0 aromatic carbocycles. The maximum atomic E-state index is 2.44. The van der Waals surface area contributed by atoms with Gasteiger partial charge in [-0.25, -0.2) is 0 Å². The average molecular weight is 208 g/mol. The quantitative estimate of drug-likeness (QED) is 0.600.